The Labute approximate surface area is 201 Å². The molecule has 0 aliphatic carbocycles. The lowest BCUT2D eigenvalue weighted by atomic mass is 9.62. The van der Waals surface area contributed by atoms with E-state index < -0.39 is 28.7 Å². The van der Waals surface area contributed by atoms with Gasteiger partial charge < -0.3 is 20.1 Å². The van der Waals surface area contributed by atoms with Crippen LogP contribution in [0.4, 0.5) is 13.2 Å². The third kappa shape index (κ3) is 3.86. The van der Waals surface area contributed by atoms with Gasteiger partial charge in [0, 0.05) is 44.0 Å². The molecule has 1 spiro atoms. The largest absolute Gasteiger partial charge is 0.493 e. The zero-order valence-corrected chi connectivity index (χ0v) is 19.1. The summed E-state index contributed by atoms with van der Waals surface area (Å²) < 4.78 is 48.0. The van der Waals surface area contributed by atoms with E-state index in [1.165, 1.54) is 18.2 Å². The maximum absolute atomic E-state index is 14.0. The first-order valence-electron chi connectivity index (χ1n) is 11.8. The highest BCUT2D eigenvalue weighted by Gasteiger charge is 2.62. The number of carbonyl (C=O) groups excluding carboxylic acids is 2. The summed E-state index contributed by atoms with van der Waals surface area (Å²) in [5.74, 6) is -0.736. The summed E-state index contributed by atoms with van der Waals surface area (Å²) in [6.07, 6.45) is -3.44. The smallest absolute Gasteiger partial charge is 0.430 e. The number of nitrogens with one attached hydrogen (secondary N) is 1. The Kier molecular flexibility index (Phi) is 5.78. The Morgan fingerprint density at radius 2 is 1.80 bits per heavy atom. The second-order valence-corrected chi connectivity index (χ2v) is 9.70. The number of benzene rings is 2. The van der Waals surface area contributed by atoms with Crippen molar-refractivity contribution in [2.45, 2.75) is 43.4 Å². The molecule has 2 atom stereocenters. The quantitative estimate of drug-likeness (QED) is 0.695. The number of hydrogen-bond acceptors (Lipinski definition) is 4. The molecule has 2 aromatic carbocycles. The van der Waals surface area contributed by atoms with E-state index in [0.717, 1.165) is 40.3 Å². The third-order valence-electron chi connectivity index (χ3n) is 7.83. The minimum absolute atomic E-state index is 0.0176. The topological polar surface area (TPSA) is 78.9 Å². The lowest BCUT2D eigenvalue weighted by molar-refractivity contribution is -0.262. The average molecular weight is 489 g/mol. The SMILES string of the molecule is O=C1CC2(CCN(C(=O)[C@](O)(c3ccccc3)C(F)(F)F)CC2)[C@H](c2cccc3c2OCC3)CN1. The number of para-hydroxylation sites is 1. The van der Waals surface area contributed by atoms with Crippen LogP contribution in [0.2, 0.25) is 0 Å². The number of likely N-dealkylation sites (tertiary alicyclic amines) is 1. The Bertz CT molecular complexity index is 1130. The van der Waals surface area contributed by atoms with E-state index >= 15 is 0 Å². The molecule has 2 N–H and O–H groups in total. The normalized spacial score (nSPS) is 23.3. The molecule has 2 aromatic rings. The summed E-state index contributed by atoms with van der Waals surface area (Å²) in [4.78, 5) is 26.7. The predicted molar refractivity (Wildman–Crippen MR) is 121 cm³/mol. The molecule has 2 saturated heterocycles. The number of hydrogen-bond donors (Lipinski definition) is 2. The molecule has 0 unspecified atom stereocenters. The zero-order valence-electron chi connectivity index (χ0n) is 19.1. The number of alkyl halides is 3. The van der Waals surface area contributed by atoms with Crippen LogP contribution in [0.1, 0.15) is 41.9 Å². The van der Waals surface area contributed by atoms with Gasteiger partial charge in [0.05, 0.1) is 6.61 Å². The summed E-state index contributed by atoms with van der Waals surface area (Å²) in [6, 6.07) is 12.4. The number of amides is 2. The second kappa shape index (κ2) is 8.55. The van der Waals surface area contributed by atoms with Crippen molar-refractivity contribution in [3.8, 4) is 5.75 Å². The van der Waals surface area contributed by atoms with Crippen molar-refractivity contribution in [1.82, 2.24) is 10.2 Å². The minimum Gasteiger partial charge on any atom is -0.493 e. The van der Waals surface area contributed by atoms with Gasteiger partial charge in [0.1, 0.15) is 5.75 Å². The summed E-state index contributed by atoms with van der Waals surface area (Å²) in [6.45, 7) is 1.03. The number of fused-ring (bicyclic) bond motifs is 1. The van der Waals surface area contributed by atoms with Gasteiger partial charge in [-0.3, -0.25) is 9.59 Å². The number of aliphatic hydroxyl groups is 1. The van der Waals surface area contributed by atoms with E-state index in [1.54, 1.807) is 0 Å². The van der Waals surface area contributed by atoms with Crippen LogP contribution in [0.25, 0.3) is 0 Å². The lowest BCUT2D eigenvalue weighted by Crippen LogP contribution is -2.59. The third-order valence-corrected chi connectivity index (χ3v) is 7.83. The maximum Gasteiger partial charge on any atom is 0.430 e. The van der Waals surface area contributed by atoms with Crippen LogP contribution in [-0.2, 0) is 21.6 Å². The Hall–Kier alpha value is -3.07. The van der Waals surface area contributed by atoms with Gasteiger partial charge in [-0.15, -0.1) is 0 Å². The van der Waals surface area contributed by atoms with Crippen molar-refractivity contribution in [2.24, 2.45) is 5.41 Å². The van der Waals surface area contributed by atoms with Crippen LogP contribution in [0.15, 0.2) is 48.5 Å². The first-order chi connectivity index (χ1) is 16.7. The second-order valence-electron chi connectivity index (χ2n) is 9.70. The van der Waals surface area contributed by atoms with Crippen molar-refractivity contribution in [2.75, 3.05) is 26.2 Å². The number of carbonyl (C=O) groups is 2. The molecular formula is C26H27F3N2O4. The molecule has 0 saturated carbocycles. The number of nitrogens with zero attached hydrogens (tertiary/aromatic N) is 1. The van der Waals surface area contributed by atoms with E-state index in [2.05, 4.69) is 5.32 Å². The molecule has 6 nitrogen and oxygen atoms in total. The van der Waals surface area contributed by atoms with Crippen LogP contribution < -0.4 is 10.1 Å². The molecular weight excluding hydrogens is 461 g/mol. The van der Waals surface area contributed by atoms with E-state index in [1.807, 2.05) is 18.2 Å². The Balaban J connectivity index is 1.42. The van der Waals surface area contributed by atoms with Gasteiger partial charge in [0.2, 0.25) is 5.91 Å². The Morgan fingerprint density at radius 1 is 1.09 bits per heavy atom. The maximum atomic E-state index is 14.0. The zero-order chi connectivity index (χ0) is 24.8. The highest BCUT2D eigenvalue weighted by atomic mass is 19.4. The van der Waals surface area contributed by atoms with Gasteiger partial charge in [0.25, 0.3) is 11.5 Å². The van der Waals surface area contributed by atoms with E-state index in [-0.39, 0.29) is 31.3 Å². The highest BCUT2D eigenvalue weighted by Crippen LogP contribution is 2.52. The molecule has 3 aliphatic rings. The van der Waals surface area contributed by atoms with E-state index in [9.17, 15) is 27.9 Å². The van der Waals surface area contributed by atoms with Crippen molar-refractivity contribution in [1.29, 1.82) is 0 Å². The van der Waals surface area contributed by atoms with Gasteiger partial charge in [-0.25, -0.2) is 0 Å². The van der Waals surface area contributed by atoms with Crippen molar-refractivity contribution in [3.05, 3.63) is 65.2 Å². The fourth-order valence-electron chi connectivity index (χ4n) is 5.89. The molecule has 0 bridgehead atoms. The van der Waals surface area contributed by atoms with Gasteiger partial charge in [-0.1, -0.05) is 48.5 Å². The van der Waals surface area contributed by atoms with Crippen LogP contribution in [-0.4, -0.2) is 54.2 Å². The number of halogens is 3. The van der Waals surface area contributed by atoms with Gasteiger partial charge in [0.15, 0.2) is 0 Å². The standard InChI is InChI=1S/C26H27F3N2O4/c27-26(28,29)25(34,18-6-2-1-3-7-18)23(33)31-12-10-24(11-13-31)15-21(32)30-16-20(24)19-8-4-5-17-9-14-35-22(17)19/h1-8,20,34H,9-16H2,(H,30,32)/t20-,25+/m0/s1. The molecule has 9 heteroatoms. The monoisotopic (exact) mass is 488 g/mol. The molecule has 186 valence electrons. The van der Waals surface area contributed by atoms with Crippen LogP contribution >= 0.6 is 0 Å². The summed E-state index contributed by atoms with van der Waals surface area (Å²) in [5, 5.41) is 13.7. The predicted octanol–water partition coefficient (Wildman–Crippen LogP) is 3.28. The fraction of sp³-hybridized carbons (Fsp3) is 0.462. The molecule has 2 fully saturated rings. The molecule has 2 amide bonds. The van der Waals surface area contributed by atoms with E-state index in [4.69, 9.17) is 4.74 Å². The van der Waals surface area contributed by atoms with Crippen molar-refractivity contribution in [3.63, 3.8) is 0 Å². The first kappa shape index (κ1) is 23.7. The summed E-state index contributed by atoms with van der Waals surface area (Å²) in [5.41, 5.74) is -2.54. The molecule has 35 heavy (non-hydrogen) atoms. The number of ether oxygens (including phenoxy) is 1. The lowest BCUT2D eigenvalue weighted by Gasteiger charge is -2.50. The molecule has 0 aromatic heterocycles. The van der Waals surface area contributed by atoms with Crippen LogP contribution in [0.5, 0.6) is 5.75 Å². The fourth-order valence-corrected chi connectivity index (χ4v) is 5.89. The molecule has 3 heterocycles. The summed E-state index contributed by atoms with van der Waals surface area (Å²) in [7, 11) is 0. The van der Waals surface area contributed by atoms with Gasteiger partial charge in [-0.2, -0.15) is 13.2 Å². The van der Waals surface area contributed by atoms with Gasteiger partial charge in [-0.05, 0) is 29.4 Å². The minimum atomic E-state index is -5.18. The Morgan fingerprint density at radius 3 is 2.49 bits per heavy atom. The van der Waals surface area contributed by atoms with E-state index in [0.29, 0.717) is 26.0 Å². The molecule has 3 aliphatic heterocycles. The van der Waals surface area contributed by atoms with Crippen molar-refractivity contribution < 1.29 is 32.6 Å². The number of piperidine rings is 2. The van der Waals surface area contributed by atoms with Crippen LogP contribution in [0.3, 0.4) is 0 Å². The molecule has 0 radical (unpaired) electrons. The number of rotatable bonds is 3. The highest BCUT2D eigenvalue weighted by molar-refractivity contribution is 5.87. The summed E-state index contributed by atoms with van der Waals surface area (Å²) >= 11 is 0. The van der Waals surface area contributed by atoms with Crippen LogP contribution in [0, 0.1) is 5.41 Å². The molecule has 5 rings (SSSR count). The van der Waals surface area contributed by atoms with Gasteiger partial charge >= 0.3 is 6.18 Å². The van der Waals surface area contributed by atoms with Crippen molar-refractivity contribution >= 4 is 11.8 Å². The average Bonchev–Trinajstić information content (AvgIpc) is 3.33. The first-order valence-corrected chi connectivity index (χ1v) is 11.8.